The summed E-state index contributed by atoms with van der Waals surface area (Å²) < 4.78 is 5.87. The van der Waals surface area contributed by atoms with Crippen LogP contribution in [0.5, 0.6) is 0 Å². The van der Waals surface area contributed by atoms with Crippen LogP contribution in [0.3, 0.4) is 0 Å². The quantitative estimate of drug-likeness (QED) is 0.499. The number of benzene rings is 2. The van der Waals surface area contributed by atoms with Crippen molar-refractivity contribution < 1.29 is 19.4 Å². The summed E-state index contributed by atoms with van der Waals surface area (Å²) in [6.45, 7) is 1.40. The summed E-state index contributed by atoms with van der Waals surface area (Å²) in [4.78, 5) is 20.6. The second kappa shape index (κ2) is 6.69. The van der Waals surface area contributed by atoms with Crippen LogP contribution in [0.25, 0.3) is 33.5 Å². The van der Waals surface area contributed by atoms with Crippen LogP contribution in [-0.2, 0) is 4.79 Å². The van der Waals surface area contributed by atoms with E-state index >= 15 is 0 Å². The first-order valence-corrected chi connectivity index (χ1v) is 8.46. The number of aliphatic hydroxyl groups excluding tert-OH is 1. The number of nitrogens with one attached hydrogen (secondary N) is 1. The van der Waals surface area contributed by atoms with E-state index < -0.39 is 18.1 Å². The summed E-state index contributed by atoms with van der Waals surface area (Å²) in [6, 6.07) is 15.6. The highest BCUT2D eigenvalue weighted by Gasteiger charge is 2.26. The van der Waals surface area contributed by atoms with Crippen LogP contribution in [0, 0.1) is 0 Å². The monoisotopic (exact) mass is 363 g/mol. The van der Waals surface area contributed by atoms with Gasteiger partial charge in [0.15, 0.2) is 23.3 Å². The van der Waals surface area contributed by atoms with Gasteiger partial charge in [-0.15, -0.1) is 0 Å². The summed E-state index contributed by atoms with van der Waals surface area (Å²) in [6.07, 6.45) is -1.13. The molecule has 0 spiro atoms. The van der Waals surface area contributed by atoms with Gasteiger partial charge in [-0.25, -0.2) is 14.8 Å². The number of carboxylic acid groups (broad SMARTS) is 1. The van der Waals surface area contributed by atoms with E-state index in [0.717, 1.165) is 10.9 Å². The molecule has 27 heavy (non-hydrogen) atoms. The van der Waals surface area contributed by atoms with Crippen LogP contribution in [0.2, 0.25) is 0 Å². The number of aromatic nitrogens is 2. The van der Waals surface area contributed by atoms with Gasteiger partial charge in [0.2, 0.25) is 0 Å². The Balaban J connectivity index is 1.96. The number of para-hydroxylation sites is 1. The summed E-state index contributed by atoms with van der Waals surface area (Å²) in [5.41, 5.74) is 2.34. The molecule has 2 unspecified atom stereocenters. The lowest BCUT2D eigenvalue weighted by Gasteiger charge is -2.18. The number of carboxylic acids is 1. The molecule has 0 aliphatic rings. The second-order valence-corrected chi connectivity index (χ2v) is 6.24. The fourth-order valence-corrected chi connectivity index (χ4v) is 2.94. The van der Waals surface area contributed by atoms with Crippen LogP contribution < -0.4 is 5.32 Å². The number of nitrogens with zero attached hydrogens (tertiary/aromatic N) is 2. The van der Waals surface area contributed by atoms with Crippen molar-refractivity contribution in [3.05, 3.63) is 54.6 Å². The van der Waals surface area contributed by atoms with Crippen LogP contribution in [0.15, 0.2) is 59.0 Å². The average molecular weight is 363 g/mol. The van der Waals surface area contributed by atoms with Crippen LogP contribution in [0.1, 0.15) is 6.92 Å². The minimum absolute atomic E-state index is 0.225. The van der Waals surface area contributed by atoms with Crippen LogP contribution >= 0.6 is 0 Å². The Morgan fingerprint density at radius 3 is 2.48 bits per heavy atom. The number of aliphatic hydroxyl groups is 1. The number of anilines is 1. The minimum atomic E-state index is -1.24. The van der Waals surface area contributed by atoms with Crippen molar-refractivity contribution >= 4 is 33.9 Å². The zero-order chi connectivity index (χ0) is 19.0. The third kappa shape index (κ3) is 3.09. The van der Waals surface area contributed by atoms with Gasteiger partial charge in [0.05, 0.1) is 6.10 Å². The van der Waals surface area contributed by atoms with Gasteiger partial charge in [-0.3, -0.25) is 0 Å². The van der Waals surface area contributed by atoms with Crippen molar-refractivity contribution in [1.29, 1.82) is 0 Å². The van der Waals surface area contributed by atoms with E-state index in [4.69, 9.17) is 4.42 Å². The maximum absolute atomic E-state index is 11.5. The third-order valence-electron chi connectivity index (χ3n) is 4.29. The number of carbonyl (C=O) groups is 1. The Morgan fingerprint density at radius 2 is 1.78 bits per heavy atom. The average Bonchev–Trinajstić information content (AvgIpc) is 3.05. The largest absolute Gasteiger partial charge is 0.480 e. The second-order valence-electron chi connectivity index (χ2n) is 6.24. The zero-order valence-corrected chi connectivity index (χ0v) is 14.5. The van der Waals surface area contributed by atoms with Gasteiger partial charge < -0.3 is 19.9 Å². The Bertz CT molecular complexity index is 1120. The Hall–Kier alpha value is -3.45. The maximum Gasteiger partial charge on any atom is 0.328 e. The topological polar surface area (TPSA) is 108 Å². The number of fused-ring (bicyclic) bond motifs is 3. The first-order chi connectivity index (χ1) is 13.0. The van der Waals surface area contributed by atoms with Crippen molar-refractivity contribution in [2.24, 2.45) is 0 Å². The molecular formula is C20H17N3O4. The van der Waals surface area contributed by atoms with Gasteiger partial charge in [0.25, 0.3) is 0 Å². The van der Waals surface area contributed by atoms with Crippen molar-refractivity contribution in [2.75, 3.05) is 5.32 Å². The van der Waals surface area contributed by atoms with Crippen LogP contribution in [0.4, 0.5) is 5.82 Å². The van der Waals surface area contributed by atoms with E-state index in [2.05, 4.69) is 15.3 Å². The van der Waals surface area contributed by atoms with Crippen molar-refractivity contribution in [3.63, 3.8) is 0 Å². The number of hydrogen-bond donors (Lipinski definition) is 3. The molecular weight excluding hydrogens is 346 g/mol. The fraction of sp³-hybridized carbons (Fsp3) is 0.150. The Kier molecular flexibility index (Phi) is 4.21. The SMILES string of the molecule is CC(O)C(Nc1nc(-c2ccccc2)nc2c1oc1ccccc12)C(=O)O. The molecule has 3 N–H and O–H groups in total. The van der Waals surface area contributed by atoms with Gasteiger partial charge in [0.1, 0.15) is 11.1 Å². The lowest BCUT2D eigenvalue weighted by atomic mass is 10.1. The van der Waals surface area contributed by atoms with E-state index in [1.165, 1.54) is 6.92 Å². The molecule has 2 aromatic carbocycles. The van der Waals surface area contributed by atoms with Crippen molar-refractivity contribution in [3.8, 4) is 11.4 Å². The van der Waals surface area contributed by atoms with E-state index in [1.807, 2.05) is 54.6 Å². The van der Waals surface area contributed by atoms with Gasteiger partial charge in [-0.1, -0.05) is 42.5 Å². The molecule has 7 heteroatoms. The van der Waals surface area contributed by atoms with Gasteiger partial charge >= 0.3 is 5.97 Å². The summed E-state index contributed by atoms with van der Waals surface area (Å²) >= 11 is 0. The lowest BCUT2D eigenvalue weighted by Crippen LogP contribution is -2.39. The van der Waals surface area contributed by atoms with Crippen molar-refractivity contribution in [1.82, 2.24) is 9.97 Å². The Morgan fingerprint density at radius 1 is 1.07 bits per heavy atom. The number of hydrogen-bond acceptors (Lipinski definition) is 6. The predicted octanol–water partition coefficient (Wildman–Crippen LogP) is 3.29. The Labute approximate surface area is 154 Å². The first kappa shape index (κ1) is 17.0. The zero-order valence-electron chi connectivity index (χ0n) is 14.5. The van der Waals surface area contributed by atoms with E-state index in [1.54, 1.807) is 0 Å². The molecule has 0 bridgehead atoms. The molecule has 2 aromatic heterocycles. The van der Waals surface area contributed by atoms with Gasteiger partial charge in [-0.2, -0.15) is 0 Å². The first-order valence-electron chi connectivity index (χ1n) is 8.46. The third-order valence-corrected chi connectivity index (χ3v) is 4.29. The fourth-order valence-electron chi connectivity index (χ4n) is 2.94. The molecule has 136 valence electrons. The molecule has 4 rings (SSSR count). The molecule has 0 aliphatic carbocycles. The van der Waals surface area contributed by atoms with Crippen LogP contribution in [-0.4, -0.2) is 38.3 Å². The van der Waals surface area contributed by atoms with E-state index in [0.29, 0.717) is 22.5 Å². The number of furan rings is 1. The predicted molar refractivity (Wildman–Crippen MR) is 101 cm³/mol. The highest BCUT2D eigenvalue weighted by Crippen LogP contribution is 2.33. The normalized spacial score (nSPS) is 13.6. The smallest absolute Gasteiger partial charge is 0.328 e. The number of rotatable bonds is 5. The maximum atomic E-state index is 11.5. The number of aliphatic carboxylic acids is 1. The highest BCUT2D eigenvalue weighted by molar-refractivity contribution is 6.06. The standard InChI is InChI=1S/C20H17N3O4/c1-11(24)15(20(25)26)21-19-17-16(13-9-5-6-10-14(13)27-17)22-18(23-19)12-7-3-2-4-8-12/h2-11,15,24H,1H3,(H,25,26)(H,21,22,23). The minimum Gasteiger partial charge on any atom is -0.480 e. The molecule has 7 nitrogen and oxygen atoms in total. The molecule has 0 radical (unpaired) electrons. The molecule has 0 amide bonds. The summed E-state index contributed by atoms with van der Waals surface area (Å²) in [5, 5.41) is 22.8. The lowest BCUT2D eigenvalue weighted by molar-refractivity contribution is -0.140. The highest BCUT2D eigenvalue weighted by atomic mass is 16.4. The molecule has 0 aliphatic heterocycles. The molecule has 2 heterocycles. The molecule has 0 saturated heterocycles. The van der Waals surface area contributed by atoms with Crippen molar-refractivity contribution in [2.45, 2.75) is 19.1 Å². The van der Waals surface area contributed by atoms with Gasteiger partial charge in [-0.05, 0) is 19.1 Å². The molecule has 0 saturated carbocycles. The van der Waals surface area contributed by atoms with Gasteiger partial charge in [0, 0.05) is 10.9 Å². The summed E-state index contributed by atoms with van der Waals surface area (Å²) in [7, 11) is 0. The molecule has 0 fully saturated rings. The van der Waals surface area contributed by atoms with E-state index in [-0.39, 0.29) is 5.82 Å². The van der Waals surface area contributed by atoms with E-state index in [9.17, 15) is 15.0 Å². The molecule has 2 atom stereocenters. The molecule has 4 aromatic rings. The summed E-state index contributed by atoms with van der Waals surface area (Å²) in [5.74, 6) is -0.524.